The molecule has 1 heterocycles. The van der Waals surface area contributed by atoms with Gasteiger partial charge in [0, 0.05) is 12.1 Å². The van der Waals surface area contributed by atoms with Gasteiger partial charge in [-0.3, -0.25) is 9.59 Å². The number of para-hydroxylation sites is 1. The SMILES string of the molecule is O=C(O)CCC(=O)Nc1ccc2nn(-c3ccccc3)nc2c1. The predicted molar refractivity (Wildman–Crippen MR) is 84.4 cm³/mol. The molecule has 0 saturated heterocycles. The van der Waals surface area contributed by atoms with E-state index >= 15 is 0 Å². The monoisotopic (exact) mass is 310 g/mol. The van der Waals surface area contributed by atoms with Gasteiger partial charge in [-0.2, -0.15) is 4.80 Å². The van der Waals surface area contributed by atoms with E-state index in [1.165, 1.54) is 4.80 Å². The molecule has 116 valence electrons. The number of hydrogen-bond donors (Lipinski definition) is 2. The van der Waals surface area contributed by atoms with Crippen LogP contribution in [0.4, 0.5) is 5.69 Å². The van der Waals surface area contributed by atoms with Gasteiger partial charge in [0.15, 0.2) is 0 Å². The molecule has 1 aromatic heterocycles. The first kappa shape index (κ1) is 14.7. The Morgan fingerprint density at radius 3 is 2.48 bits per heavy atom. The van der Waals surface area contributed by atoms with E-state index in [-0.39, 0.29) is 18.7 Å². The Kier molecular flexibility index (Phi) is 4.01. The molecular weight excluding hydrogens is 296 g/mol. The molecule has 0 radical (unpaired) electrons. The standard InChI is InChI=1S/C16H14N4O3/c21-15(8-9-16(22)23)17-11-6-7-13-14(10-11)19-20(18-13)12-4-2-1-3-5-12/h1-7,10H,8-9H2,(H,17,21)(H,22,23). The van der Waals surface area contributed by atoms with Crippen molar-refractivity contribution in [1.29, 1.82) is 0 Å². The maximum atomic E-state index is 11.7. The van der Waals surface area contributed by atoms with Crippen LogP contribution < -0.4 is 5.32 Å². The number of carbonyl (C=O) groups is 2. The van der Waals surface area contributed by atoms with Gasteiger partial charge in [-0.15, -0.1) is 10.2 Å². The van der Waals surface area contributed by atoms with Crippen molar-refractivity contribution < 1.29 is 14.7 Å². The molecule has 0 unspecified atom stereocenters. The number of carbonyl (C=O) groups excluding carboxylic acids is 1. The van der Waals surface area contributed by atoms with Gasteiger partial charge in [-0.1, -0.05) is 18.2 Å². The number of carboxylic acids is 1. The zero-order chi connectivity index (χ0) is 16.2. The second kappa shape index (κ2) is 6.27. The maximum Gasteiger partial charge on any atom is 0.303 e. The highest BCUT2D eigenvalue weighted by molar-refractivity contribution is 5.94. The highest BCUT2D eigenvalue weighted by Gasteiger charge is 2.08. The van der Waals surface area contributed by atoms with Crippen LogP contribution in [0.5, 0.6) is 0 Å². The third kappa shape index (κ3) is 3.52. The van der Waals surface area contributed by atoms with Crippen molar-refractivity contribution in [3.8, 4) is 5.69 Å². The van der Waals surface area contributed by atoms with Crippen molar-refractivity contribution in [3.05, 3.63) is 48.5 Å². The molecule has 0 aliphatic heterocycles. The van der Waals surface area contributed by atoms with E-state index in [0.29, 0.717) is 16.7 Å². The van der Waals surface area contributed by atoms with E-state index in [1.807, 2.05) is 30.3 Å². The average molecular weight is 310 g/mol. The highest BCUT2D eigenvalue weighted by Crippen LogP contribution is 2.17. The molecule has 0 atom stereocenters. The van der Waals surface area contributed by atoms with Gasteiger partial charge >= 0.3 is 5.97 Å². The Morgan fingerprint density at radius 2 is 1.74 bits per heavy atom. The van der Waals surface area contributed by atoms with E-state index in [0.717, 1.165) is 5.69 Å². The van der Waals surface area contributed by atoms with E-state index in [4.69, 9.17) is 5.11 Å². The number of aliphatic carboxylic acids is 1. The van der Waals surface area contributed by atoms with Gasteiger partial charge in [0.1, 0.15) is 11.0 Å². The Morgan fingerprint density at radius 1 is 1.00 bits per heavy atom. The normalized spacial score (nSPS) is 10.6. The van der Waals surface area contributed by atoms with Crippen molar-refractivity contribution >= 4 is 28.6 Å². The molecule has 0 saturated carbocycles. The zero-order valence-corrected chi connectivity index (χ0v) is 12.1. The average Bonchev–Trinajstić information content (AvgIpc) is 2.97. The van der Waals surface area contributed by atoms with Crippen LogP contribution in [-0.4, -0.2) is 32.0 Å². The minimum atomic E-state index is -0.999. The van der Waals surface area contributed by atoms with Crippen LogP contribution in [0.2, 0.25) is 0 Å². The highest BCUT2D eigenvalue weighted by atomic mass is 16.4. The lowest BCUT2D eigenvalue weighted by atomic mass is 10.2. The quantitative estimate of drug-likeness (QED) is 0.753. The number of benzene rings is 2. The number of aromatic nitrogens is 3. The Bertz CT molecular complexity index is 858. The fourth-order valence-electron chi connectivity index (χ4n) is 2.11. The van der Waals surface area contributed by atoms with Gasteiger partial charge in [-0.05, 0) is 30.3 Å². The molecule has 2 N–H and O–H groups in total. The maximum absolute atomic E-state index is 11.7. The summed E-state index contributed by atoms with van der Waals surface area (Å²) in [6, 6.07) is 14.7. The third-order valence-corrected chi connectivity index (χ3v) is 3.22. The molecule has 0 bridgehead atoms. The molecule has 0 aliphatic rings. The zero-order valence-electron chi connectivity index (χ0n) is 12.1. The number of rotatable bonds is 5. The summed E-state index contributed by atoms with van der Waals surface area (Å²) in [5.41, 5.74) is 2.76. The number of nitrogens with one attached hydrogen (secondary N) is 1. The first-order chi connectivity index (χ1) is 11.1. The minimum Gasteiger partial charge on any atom is -0.481 e. The van der Waals surface area contributed by atoms with Gasteiger partial charge in [0.25, 0.3) is 0 Å². The summed E-state index contributed by atoms with van der Waals surface area (Å²) in [5.74, 6) is -1.34. The molecule has 7 nitrogen and oxygen atoms in total. The summed E-state index contributed by atoms with van der Waals surface area (Å²) < 4.78 is 0. The number of nitrogens with zero attached hydrogens (tertiary/aromatic N) is 3. The van der Waals surface area contributed by atoms with Crippen molar-refractivity contribution in [2.45, 2.75) is 12.8 Å². The first-order valence-corrected chi connectivity index (χ1v) is 7.06. The largest absolute Gasteiger partial charge is 0.481 e. The molecule has 0 spiro atoms. The first-order valence-electron chi connectivity index (χ1n) is 7.06. The second-order valence-corrected chi connectivity index (χ2v) is 4.97. The number of anilines is 1. The van der Waals surface area contributed by atoms with Crippen LogP contribution in [-0.2, 0) is 9.59 Å². The van der Waals surface area contributed by atoms with Crippen LogP contribution >= 0.6 is 0 Å². The summed E-state index contributed by atoms with van der Waals surface area (Å²) in [5, 5.41) is 20.0. The molecule has 7 heteroatoms. The lowest BCUT2D eigenvalue weighted by Crippen LogP contribution is -2.13. The predicted octanol–water partition coefficient (Wildman–Crippen LogP) is 2.22. The van der Waals surface area contributed by atoms with Gasteiger partial charge < -0.3 is 10.4 Å². The summed E-state index contributed by atoms with van der Waals surface area (Å²) in [6.45, 7) is 0. The number of carboxylic acid groups (broad SMARTS) is 1. The number of fused-ring (bicyclic) bond motifs is 1. The van der Waals surface area contributed by atoms with Gasteiger partial charge in [-0.25, -0.2) is 0 Å². The van der Waals surface area contributed by atoms with E-state index < -0.39 is 5.97 Å². The van der Waals surface area contributed by atoms with Crippen molar-refractivity contribution in [1.82, 2.24) is 15.0 Å². The van der Waals surface area contributed by atoms with Crippen molar-refractivity contribution in [3.63, 3.8) is 0 Å². The number of amides is 1. The van der Waals surface area contributed by atoms with Crippen LogP contribution in [0, 0.1) is 0 Å². The molecule has 23 heavy (non-hydrogen) atoms. The van der Waals surface area contributed by atoms with Crippen LogP contribution in [0.15, 0.2) is 48.5 Å². The summed E-state index contributed by atoms with van der Waals surface area (Å²) >= 11 is 0. The van der Waals surface area contributed by atoms with Crippen LogP contribution in [0.3, 0.4) is 0 Å². The van der Waals surface area contributed by atoms with Crippen molar-refractivity contribution in [2.24, 2.45) is 0 Å². The fourth-order valence-corrected chi connectivity index (χ4v) is 2.11. The van der Waals surface area contributed by atoms with Crippen molar-refractivity contribution in [2.75, 3.05) is 5.32 Å². The third-order valence-electron chi connectivity index (χ3n) is 3.22. The topological polar surface area (TPSA) is 97.1 Å². The summed E-state index contributed by atoms with van der Waals surface area (Å²) in [4.78, 5) is 23.7. The van der Waals surface area contributed by atoms with Crippen LogP contribution in [0.25, 0.3) is 16.7 Å². The molecule has 2 aromatic carbocycles. The summed E-state index contributed by atoms with van der Waals surface area (Å²) in [6.07, 6.45) is -0.262. The molecule has 0 fully saturated rings. The van der Waals surface area contributed by atoms with Gasteiger partial charge in [0.05, 0.1) is 12.1 Å². The minimum absolute atomic E-state index is 0.0654. The fraction of sp³-hybridized carbons (Fsp3) is 0.125. The Labute approximate surface area is 131 Å². The van der Waals surface area contributed by atoms with E-state index in [1.54, 1.807) is 18.2 Å². The lowest BCUT2D eigenvalue weighted by Gasteiger charge is -2.03. The molecular formula is C16H14N4O3. The van der Waals surface area contributed by atoms with E-state index in [9.17, 15) is 9.59 Å². The molecule has 3 rings (SSSR count). The van der Waals surface area contributed by atoms with E-state index in [2.05, 4.69) is 15.5 Å². The molecule has 3 aromatic rings. The molecule has 1 amide bonds. The lowest BCUT2D eigenvalue weighted by molar-refractivity contribution is -0.138. The smallest absolute Gasteiger partial charge is 0.303 e. The number of hydrogen-bond acceptors (Lipinski definition) is 4. The summed E-state index contributed by atoms with van der Waals surface area (Å²) in [7, 11) is 0. The van der Waals surface area contributed by atoms with Gasteiger partial charge in [0.2, 0.25) is 5.91 Å². The Balaban J connectivity index is 1.79. The molecule has 0 aliphatic carbocycles. The Hall–Kier alpha value is -3.22. The second-order valence-electron chi connectivity index (χ2n) is 4.97. The van der Waals surface area contributed by atoms with Crippen LogP contribution in [0.1, 0.15) is 12.8 Å².